The van der Waals surface area contributed by atoms with Crippen LogP contribution in [0.4, 0.5) is 24.9 Å². The summed E-state index contributed by atoms with van der Waals surface area (Å²) in [4.78, 5) is 28.0. The fourth-order valence-electron chi connectivity index (χ4n) is 6.24. The molecule has 0 radical (unpaired) electrons. The molecule has 3 N–H and O–H groups in total. The second kappa shape index (κ2) is 12.9. The van der Waals surface area contributed by atoms with Crippen LogP contribution in [0.5, 0.6) is 0 Å². The molecule has 0 aliphatic carbocycles. The van der Waals surface area contributed by atoms with Gasteiger partial charge in [-0.1, -0.05) is 84.9 Å². The van der Waals surface area contributed by atoms with E-state index in [1.807, 2.05) is 89.8 Å². The molecule has 0 bridgehead atoms. The van der Waals surface area contributed by atoms with Crippen LogP contribution in [0.25, 0.3) is 11.2 Å². The SMILES string of the molecule is O=C(O[C@@H]1[C@H](O)[C@@H](CO)O[C@H]1n1cnc2c(NCC(c3ccccc3)c3ccccc3)nc(N3Cc4ccccc4C3)nc21)C(F)(F)F. The highest BCUT2D eigenvalue weighted by Crippen LogP contribution is 2.37. The number of carbonyl (C=O) groups is 1. The largest absolute Gasteiger partial charge is 0.490 e. The van der Waals surface area contributed by atoms with E-state index in [0.717, 1.165) is 22.3 Å². The molecular formula is C34H31F3N6O5. The lowest BCUT2D eigenvalue weighted by Gasteiger charge is -2.23. The van der Waals surface area contributed by atoms with Gasteiger partial charge in [-0.3, -0.25) is 4.57 Å². The zero-order valence-corrected chi connectivity index (χ0v) is 25.4. The van der Waals surface area contributed by atoms with Gasteiger partial charge in [-0.2, -0.15) is 23.1 Å². The normalized spacial score (nSPS) is 20.8. The second-order valence-corrected chi connectivity index (χ2v) is 11.7. The highest BCUT2D eigenvalue weighted by atomic mass is 19.4. The van der Waals surface area contributed by atoms with Crippen LogP contribution in [0.1, 0.15) is 34.4 Å². The van der Waals surface area contributed by atoms with Gasteiger partial charge in [0.25, 0.3) is 0 Å². The van der Waals surface area contributed by atoms with E-state index in [1.165, 1.54) is 10.9 Å². The predicted molar refractivity (Wildman–Crippen MR) is 168 cm³/mol. The van der Waals surface area contributed by atoms with Crippen molar-refractivity contribution in [3.63, 3.8) is 0 Å². The molecule has 11 nitrogen and oxygen atoms in total. The summed E-state index contributed by atoms with van der Waals surface area (Å²) < 4.78 is 51.4. The number of anilines is 2. The molecule has 14 heteroatoms. The number of nitrogens with zero attached hydrogens (tertiary/aromatic N) is 5. The molecule has 4 heterocycles. The Labute approximate surface area is 272 Å². The number of aliphatic hydroxyl groups excluding tert-OH is 2. The molecule has 0 spiro atoms. The van der Waals surface area contributed by atoms with Crippen LogP contribution in [-0.4, -0.2) is 73.3 Å². The summed E-state index contributed by atoms with van der Waals surface area (Å²) in [6.07, 6.45) is -10.4. The maximum Gasteiger partial charge on any atom is 0.490 e. The van der Waals surface area contributed by atoms with Gasteiger partial charge in [-0.25, -0.2) is 9.78 Å². The number of aliphatic hydroxyl groups is 2. The number of carbonyl (C=O) groups excluding carboxylic acids is 1. The van der Waals surface area contributed by atoms with Crippen LogP contribution < -0.4 is 10.2 Å². The summed E-state index contributed by atoms with van der Waals surface area (Å²) in [6.45, 7) is 0.708. The molecule has 0 amide bonds. The van der Waals surface area contributed by atoms with E-state index in [2.05, 4.69) is 10.3 Å². The molecule has 2 aliphatic rings. The first kappa shape index (κ1) is 31.5. The summed E-state index contributed by atoms with van der Waals surface area (Å²) in [7, 11) is 0. The van der Waals surface area contributed by atoms with Crippen LogP contribution in [0, 0.1) is 0 Å². The molecule has 5 aromatic rings. The van der Waals surface area contributed by atoms with Crippen molar-refractivity contribution in [2.75, 3.05) is 23.4 Å². The first-order valence-electron chi connectivity index (χ1n) is 15.3. The fourth-order valence-corrected chi connectivity index (χ4v) is 6.24. The van der Waals surface area contributed by atoms with Crippen LogP contribution in [-0.2, 0) is 27.4 Å². The van der Waals surface area contributed by atoms with Crippen LogP contribution in [0.15, 0.2) is 91.3 Å². The molecule has 48 heavy (non-hydrogen) atoms. The summed E-state index contributed by atoms with van der Waals surface area (Å²) >= 11 is 0. The van der Waals surface area contributed by atoms with E-state index in [0.29, 0.717) is 31.4 Å². The Balaban J connectivity index is 1.29. The zero-order chi connectivity index (χ0) is 33.4. The minimum Gasteiger partial charge on any atom is -0.448 e. The summed E-state index contributed by atoms with van der Waals surface area (Å²) in [6, 6.07) is 27.9. The minimum atomic E-state index is -5.32. The molecule has 248 valence electrons. The van der Waals surface area contributed by atoms with Crippen LogP contribution in [0.3, 0.4) is 0 Å². The minimum absolute atomic E-state index is 0.0798. The maximum atomic E-state index is 13.2. The Bertz CT molecular complexity index is 1840. The smallest absolute Gasteiger partial charge is 0.448 e. The Morgan fingerprint density at radius 3 is 2.15 bits per heavy atom. The Hall–Kier alpha value is -5.05. The second-order valence-electron chi connectivity index (χ2n) is 11.7. The van der Waals surface area contributed by atoms with Gasteiger partial charge in [-0.05, 0) is 22.3 Å². The zero-order valence-electron chi connectivity index (χ0n) is 25.4. The molecule has 2 aliphatic heterocycles. The van der Waals surface area contributed by atoms with Crippen molar-refractivity contribution in [2.45, 2.75) is 49.7 Å². The number of imidazole rings is 1. The first-order chi connectivity index (χ1) is 23.2. The number of aromatic nitrogens is 4. The number of alkyl halides is 3. The van der Waals surface area contributed by atoms with E-state index in [4.69, 9.17) is 19.4 Å². The molecule has 1 saturated heterocycles. The average molecular weight is 661 g/mol. The summed E-state index contributed by atoms with van der Waals surface area (Å²) in [5.74, 6) is -1.89. The lowest BCUT2D eigenvalue weighted by molar-refractivity contribution is -0.211. The van der Waals surface area contributed by atoms with Gasteiger partial charge in [0.05, 0.1) is 12.9 Å². The lowest BCUT2D eigenvalue weighted by Crippen LogP contribution is -2.40. The molecule has 2 aromatic heterocycles. The Kier molecular flexibility index (Phi) is 8.45. The van der Waals surface area contributed by atoms with Gasteiger partial charge in [-0.15, -0.1) is 0 Å². The monoisotopic (exact) mass is 660 g/mol. The molecule has 4 atom stereocenters. The van der Waals surface area contributed by atoms with E-state index in [-0.39, 0.29) is 17.1 Å². The fraction of sp³-hybridized carbons (Fsp3) is 0.294. The van der Waals surface area contributed by atoms with Gasteiger partial charge < -0.3 is 29.9 Å². The lowest BCUT2D eigenvalue weighted by atomic mass is 9.91. The molecular weight excluding hydrogens is 629 g/mol. The number of rotatable bonds is 9. The highest BCUT2D eigenvalue weighted by Gasteiger charge is 2.51. The quantitative estimate of drug-likeness (QED) is 0.196. The number of esters is 1. The van der Waals surface area contributed by atoms with Crippen molar-refractivity contribution in [1.29, 1.82) is 0 Å². The Morgan fingerprint density at radius 1 is 0.958 bits per heavy atom. The third-order valence-electron chi connectivity index (χ3n) is 8.65. The number of benzene rings is 3. The number of fused-ring (bicyclic) bond motifs is 2. The predicted octanol–water partition coefficient (Wildman–Crippen LogP) is 4.32. The van der Waals surface area contributed by atoms with E-state index >= 15 is 0 Å². The number of halogens is 3. The van der Waals surface area contributed by atoms with Crippen molar-refractivity contribution in [3.05, 3.63) is 114 Å². The van der Waals surface area contributed by atoms with E-state index < -0.39 is 43.3 Å². The van der Waals surface area contributed by atoms with E-state index in [9.17, 15) is 28.2 Å². The summed E-state index contributed by atoms with van der Waals surface area (Å²) in [5.41, 5.74) is 4.79. The number of nitrogens with one attached hydrogen (secondary N) is 1. The van der Waals surface area contributed by atoms with Crippen molar-refractivity contribution in [1.82, 2.24) is 19.5 Å². The van der Waals surface area contributed by atoms with Gasteiger partial charge in [0.15, 0.2) is 29.3 Å². The number of hydrogen-bond acceptors (Lipinski definition) is 10. The third kappa shape index (κ3) is 6.05. The molecule has 7 rings (SSSR count). The van der Waals surface area contributed by atoms with Crippen molar-refractivity contribution < 1.29 is 37.7 Å². The van der Waals surface area contributed by atoms with Crippen LogP contribution in [0.2, 0.25) is 0 Å². The van der Waals surface area contributed by atoms with Crippen molar-refractivity contribution in [3.8, 4) is 0 Å². The van der Waals surface area contributed by atoms with Gasteiger partial charge in [0.1, 0.15) is 12.2 Å². The number of ether oxygens (including phenoxy) is 2. The number of hydrogen-bond donors (Lipinski definition) is 3. The molecule has 0 unspecified atom stereocenters. The topological polar surface area (TPSA) is 135 Å². The van der Waals surface area contributed by atoms with Crippen LogP contribution >= 0.6 is 0 Å². The standard InChI is InChI=1S/C34H31F3N6O5/c35-34(36,37)32(46)48-28-27(45)25(18-44)47-31(28)43-19-39-26-29(38-15-24(20-9-3-1-4-10-20)21-11-5-2-6-12-21)40-33(41-30(26)43)42-16-22-13-7-8-14-23(22)17-42/h1-14,19,24-25,27-28,31,44-45H,15-18H2,(H,38,40,41)/t25-,27-,28-,31-/m1/s1. The molecule has 3 aromatic carbocycles. The average Bonchev–Trinajstić information content (AvgIpc) is 3.81. The Morgan fingerprint density at radius 2 is 1.56 bits per heavy atom. The van der Waals surface area contributed by atoms with E-state index in [1.54, 1.807) is 0 Å². The van der Waals surface area contributed by atoms with Gasteiger partial charge in [0, 0.05) is 25.6 Å². The highest BCUT2D eigenvalue weighted by molar-refractivity contribution is 5.84. The first-order valence-corrected chi connectivity index (χ1v) is 15.3. The molecule has 0 saturated carbocycles. The third-order valence-corrected chi connectivity index (χ3v) is 8.65. The van der Waals surface area contributed by atoms with Crippen molar-refractivity contribution >= 4 is 28.9 Å². The summed E-state index contributed by atoms with van der Waals surface area (Å²) in [5, 5.41) is 24.0. The maximum absolute atomic E-state index is 13.2. The van der Waals surface area contributed by atoms with Gasteiger partial charge >= 0.3 is 12.1 Å². The van der Waals surface area contributed by atoms with Crippen molar-refractivity contribution in [2.24, 2.45) is 0 Å². The van der Waals surface area contributed by atoms with Gasteiger partial charge in [0.2, 0.25) is 5.95 Å². The molecule has 1 fully saturated rings.